The van der Waals surface area contributed by atoms with Crippen LogP contribution in [0.5, 0.6) is 0 Å². The minimum atomic E-state index is -0.842. The van der Waals surface area contributed by atoms with E-state index in [1.807, 2.05) is 13.8 Å². The largest absolute Gasteiger partial charge is 0.481 e. The van der Waals surface area contributed by atoms with Gasteiger partial charge in [0.1, 0.15) is 0 Å². The van der Waals surface area contributed by atoms with E-state index in [4.69, 9.17) is 5.11 Å². The molecule has 0 saturated carbocycles. The van der Waals surface area contributed by atoms with E-state index >= 15 is 0 Å². The van der Waals surface area contributed by atoms with E-state index in [1.165, 1.54) is 0 Å². The number of amides is 2. The molecule has 0 aliphatic rings. The number of hydrogen-bond donors (Lipinski definition) is 3. The highest BCUT2D eigenvalue weighted by Crippen LogP contribution is 2.14. The summed E-state index contributed by atoms with van der Waals surface area (Å²) in [6.07, 6.45) is 3.99. The van der Waals surface area contributed by atoms with Gasteiger partial charge in [0.15, 0.2) is 0 Å². The van der Waals surface area contributed by atoms with Crippen LogP contribution >= 0.6 is 0 Å². The summed E-state index contributed by atoms with van der Waals surface area (Å²) in [5, 5.41) is 14.2. The molecule has 0 spiro atoms. The number of carbonyl (C=O) groups is 2. The van der Waals surface area contributed by atoms with Crippen molar-refractivity contribution in [2.24, 2.45) is 11.8 Å². The number of anilines is 1. The first-order valence-electron chi connectivity index (χ1n) is 6.64. The Morgan fingerprint density at radius 1 is 1.40 bits per heavy atom. The first kappa shape index (κ1) is 15.9. The zero-order valence-corrected chi connectivity index (χ0v) is 11.8. The number of nitrogens with one attached hydrogen (secondary N) is 2. The van der Waals surface area contributed by atoms with Crippen molar-refractivity contribution in [3.05, 3.63) is 24.5 Å². The zero-order valence-electron chi connectivity index (χ0n) is 11.8. The molecule has 1 heterocycles. The molecule has 1 aromatic rings. The molecule has 0 unspecified atom stereocenters. The summed E-state index contributed by atoms with van der Waals surface area (Å²) < 4.78 is 0. The lowest BCUT2D eigenvalue weighted by atomic mass is 9.94. The number of aliphatic carboxylic acids is 1. The third-order valence-corrected chi connectivity index (χ3v) is 2.74. The molecule has 1 atom stereocenters. The number of aromatic nitrogens is 1. The van der Waals surface area contributed by atoms with Gasteiger partial charge in [0, 0.05) is 19.2 Å². The van der Waals surface area contributed by atoms with Crippen molar-refractivity contribution in [2.75, 3.05) is 11.9 Å². The second-order valence-electron chi connectivity index (χ2n) is 5.17. The summed E-state index contributed by atoms with van der Waals surface area (Å²) in [7, 11) is 0. The van der Waals surface area contributed by atoms with Crippen LogP contribution in [0.3, 0.4) is 0 Å². The average molecular weight is 279 g/mol. The molecule has 0 aromatic carbocycles. The Labute approximate surface area is 118 Å². The molecule has 110 valence electrons. The van der Waals surface area contributed by atoms with Gasteiger partial charge in [-0.25, -0.2) is 4.79 Å². The fourth-order valence-electron chi connectivity index (χ4n) is 2.00. The molecule has 1 aromatic heterocycles. The second-order valence-corrected chi connectivity index (χ2v) is 5.17. The molecule has 0 radical (unpaired) electrons. The fraction of sp³-hybridized carbons (Fsp3) is 0.500. The maximum atomic E-state index is 11.7. The van der Waals surface area contributed by atoms with Gasteiger partial charge in [-0.15, -0.1) is 0 Å². The summed E-state index contributed by atoms with van der Waals surface area (Å²) in [6, 6.07) is 3.11. The molecule has 20 heavy (non-hydrogen) atoms. The van der Waals surface area contributed by atoms with Crippen LogP contribution in [0.25, 0.3) is 0 Å². The molecule has 0 saturated heterocycles. The van der Waals surface area contributed by atoms with Gasteiger partial charge in [-0.1, -0.05) is 13.8 Å². The molecular formula is C14H21N3O3. The van der Waals surface area contributed by atoms with Gasteiger partial charge in [-0.2, -0.15) is 0 Å². The van der Waals surface area contributed by atoms with Crippen molar-refractivity contribution < 1.29 is 14.7 Å². The lowest BCUT2D eigenvalue weighted by molar-refractivity contribution is -0.138. The van der Waals surface area contributed by atoms with Gasteiger partial charge >= 0.3 is 12.0 Å². The van der Waals surface area contributed by atoms with E-state index < -0.39 is 5.97 Å². The van der Waals surface area contributed by atoms with Crippen LogP contribution in [0.1, 0.15) is 26.7 Å². The smallest absolute Gasteiger partial charge is 0.319 e. The maximum Gasteiger partial charge on any atom is 0.319 e. The molecule has 6 heteroatoms. The van der Waals surface area contributed by atoms with E-state index in [1.54, 1.807) is 24.5 Å². The number of pyridine rings is 1. The van der Waals surface area contributed by atoms with Crippen LogP contribution < -0.4 is 10.6 Å². The molecule has 0 bridgehead atoms. The summed E-state index contributed by atoms with van der Waals surface area (Å²) in [6.45, 7) is 4.41. The van der Waals surface area contributed by atoms with Crippen LogP contribution in [0.2, 0.25) is 0 Å². The Balaban J connectivity index is 2.41. The van der Waals surface area contributed by atoms with Crippen molar-refractivity contribution in [3.63, 3.8) is 0 Å². The van der Waals surface area contributed by atoms with E-state index in [9.17, 15) is 9.59 Å². The predicted octanol–water partition coefficient (Wildman–Crippen LogP) is 2.34. The summed E-state index contributed by atoms with van der Waals surface area (Å²) >= 11 is 0. The van der Waals surface area contributed by atoms with Crippen molar-refractivity contribution in [1.82, 2.24) is 10.3 Å². The Hall–Kier alpha value is -2.11. The normalized spacial score (nSPS) is 11.9. The SMILES string of the molecule is CC(C)C[C@H](CNC(=O)Nc1cccnc1)CC(=O)O. The zero-order chi connectivity index (χ0) is 15.0. The molecule has 6 nitrogen and oxygen atoms in total. The fourth-order valence-corrected chi connectivity index (χ4v) is 2.00. The Morgan fingerprint density at radius 2 is 2.15 bits per heavy atom. The number of carboxylic acids is 1. The average Bonchev–Trinajstić information content (AvgIpc) is 2.36. The third-order valence-electron chi connectivity index (χ3n) is 2.74. The lowest BCUT2D eigenvalue weighted by Gasteiger charge is -2.18. The van der Waals surface area contributed by atoms with E-state index in [0.717, 1.165) is 6.42 Å². The quantitative estimate of drug-likeness (QED) is 0.714. The molecule has 3 N–H and O–H groups in total. The molecule has 0 aliphatic carbocycles. The molecular weight excluding hydrogens is 258 g/mol. The first-order valence-corrected chi connectivity index (χ1v) is 6.64. The Morgan fingerprint density at radius 3 is 2.70 bits per heavy atom. The summed E-state index contributed by atoms with van der Waals surface area (Å²) in [4.78, 5) is 26.4. The molecule has 2 amide bonds. The number of rotatable bonds is 7. The number of urea groups is 1. The monoisotopic (exact) mass is 279 g/mol. The Bertz CT molecular complexity index is 435. The number of hydrogen-bond acceptors (Lipinski definition) is 3. The number of nitrogens with zero attached hydrogens (tertiary/aromatic N) is 1. The highest BCUT2D eigenvalue weighted by Gasteiger charge is 2.16. The van der Waals surface area contributed by atoms with Crippen LogP contribution in [0, 0.1) is 11.8 Å². The van der Waals surface area contributed by atoms with Gasteiger partial charge in [-0.3, -0.25) is 9.78 Å². The number of carbonyl (C=O) groups excluding carboxylic acids is 1. The van der Waals surface area contributed by atoms with Gasteiger partial charge in [0.2, 0.25) is 0 Å². The van der Waals surface area contributed by atoms with Crippen LogP contribution in [-0.2, 0) is 4.79 Å². The minimum Gasteiger partial charge on any atom is -0.481 e. The van der Waals surface area contributed by atoms with Gasteiger partial charge < -0.3 is 15.7 Å². The highest BCUT2D eigenvalue weighted by molar-refractivity contribution is 5.88. The van der Waals surface area contributed by atoms with Gasteiger partial charge in [0.05, 0.1) is 11.9 Å². The van der Waals surface area contributed by atoms with Gasteiger partial charge in [0.25, 0.3) is 0 Å². The van der Waals surface area contributed by atoms with Crippen molar-refractivity contribution in [2.45, 2.75) is 26.7 Å². The second kappa shape index (κ2) is 8.14. The van der Waals surface area contributed by atoms with E-state index in [0.29, 0.717) is 18.2 Å². The topological polar surface area (TPSA) is 91.3 Å². The van der Waals surface area contributed by atoms with Crippen LogP contribution in [0.15, 0.2) is 24.5 Å². The first-order chi connectivity index (χ1) is 9.47. The Kier molecular flexibility index (Phi) is 6.49. The third kappa shape index (κ3) is 6.72. The van der Waals surface area contributed by atoms with Crippen molar-refractivity contribution in [1.29, 1.82) is 0 Å². The molecule has 1 rings (SSSR count). The maximum absolute atomic E-state index is 11.7. The van der Waals surface area contributed by atoms with E-state index in [-0.39, 0.29) is 18.4 Å². The lowest BCUT2D eigenvalue weighted by Crippen LogP contribution is -2.34. The number of carboxylic acid groups (broad SMARTS) is 1. The predicted molar refractivity (Wildman–Crippen MR) is 76.5 cm³/mol. The van der Waals surface area contributed by atoms with Crippen molar-refractivity contribution in [3.8, 4) is 0 Å². The van der Waals surface area contributed by atoms with Crippen molar-refractivity contribution >= 4 is 17.7 Å². The van der Waals surface area contributed by atoms with Crippen LogP contribution in [0.4, 0.5) is 10.5 Å². The molecule has 0 fully saturated rings. The standard InChI is InChI=1S/C14H21N3O3/c1-10(2)6-11(7-13(18)19)8-16-14(20)17-12-4-3-5-15-9-12/h3-5,9-11H,6-8H2,1-2H3,(H,18,19)(H2,16,17,20)/t11-/m0/s1. The molecule has 0 aliphatic heterocycles. The van der Waals surface area contributed by atoms with Gasteiger partial charge in [-0.05, 0) is 30.4 Å². The van der Waals surface area contributed by atoms with E-state index in [2.05, 4.69) is 15.6 Å². The van der Waals surface area contributed by atoms with Crippen LogP contribution in [-0.4, -0.2) is 28.6 Å². The highest BCUT2D eigenvalue weighted by atomic mass is 16.4. The minimum absolute atomic E-state index is 0.0609. The summed E-state index contributed by atoms with van der Waals surface area (Å²) in [5.41, 5.74) is 0.601. The summed E-state index contributed by atoms with van der Waals surface area (Å²) in [5.74, 6) is -0.514.